The van der Waals surface area contributed by atoms with Crippen LogP contribution in [-0.2, 0) is 18.4 Å². The normalized spacial score (nSPS) is 11.5. The van der Waals surface area contributed by atoms with Crippen molar-refractivity contribution in [1.29, 1.82) is 0 Å². The molecule has 3 aromatic heterocycles. The number of rotatable bonds is 4. The highest BCUT2D eigenvalue weighted by Crippen LogP contribution is 2.32. The molecular formula is C16H20N4O2S. The average Bonchev–Trinajstić information content (AvgIpc) is 3.01. The van der Waals surface area contributed by atoms with Crippen LogP contribution in [0.4, 0.5) is 0 Å². The summed E-state index contributed by atoms with van der Waals surface area (Å²) in [5.74, 6) is -0.0872. The van der Waals surface area contributed by atoms with Crippen molar-refractivity contribution < 1.29 is 4.79 Å². The standard InChI is InChI=1S/C16H20N4O2S/c1-5-19(6-2)13(21)9-20-16(22)14-11(8-17-20)15-12(18(14)4)7-10(3)23-15/h7-8H,5-6,9H2,1-4H3. The number of hydrogen-bond donors (Lipinski definition) is 0. The molecule has 0 atom stereocenters. The number of aromatic nitrogens is 3. The van der Waals surface area contributed by atoms with Gasteiger partial charge in [0.2, 0.25) is 5.91 Å². The molecule has 0 aliphatic carbocycles. The van der Waals surface area contributed by atoms with E-state index in [4.69, 9.17) is 0 Å². The van der Waals surface area contributed by atoms with Gasteiger partial charge in [0.1, 0.15) is 12.1 Å². The molecule has 0 unspecified atom stereocenters. The molecule has 0 fully saturated rings. The van der Waals surface area contributed by atoms with Crippen LogP contribution in [0.15, 0.2) is 17.1 Å². The molecular weight excluding hydrogens is 312 g/mol. The Hall–Kier alpha value is -2.15. The van der Waals surface area contributed by atoms with E-state index in [9.17, 15) is 9.59 Å². The first-order valence-electron chi connectivity index (χ1n) is 7.70. The Morgan fingerprint density at radius 1 is 1.35 bits per heavy atom. The number of amides is 1. The van der Waals surface area contributed by atoms with E-state index in [-0.39, 0.29) is 18.0 Å². The van der Waals surface area contributed by atoms with Crippen LogP contribution in [0, 0.1) is 6.92 Å². The van der Waals surface area contributed by atoms with Crippen molar-refractivity contribution in [3.63, 3.8) is 0 Å². The van der Waals surface area contributed by atoms with Gasteiger partial charge in [-0.15, -0.1) is 11.3 Å². The SMILES string of the molecule is CCN(CC)C(=O)Cn1ncc2c3sc(C)cc3n(C)c2c1=O. The van der Waals surface area contributed by atoms with E-state index in [0.29, 0.717) is 18.6 Å². The van der Waals surface area contributed by atoms with Gasteiger partial charge in [-0.25, -0.2) is 4.68 Å². The van der Waals surface area contributed by atoms with Gasteiger partial charge < -0.3 is 9.47 Å². The monoisotopic (exact) mass is 332 g/mol. The van der Waals surface area contributed by atoms with Crippen molar-refractivity contribution in [2.75, 3.05) is 13.1 Å². The highest BCUT2D eigenvalue weighted by atomic mass is 32.1. The van der Waals surface area contributed by atoms with Gasteiger partial charge in [-0.05, 0) is 26.8 Å². The molecule has 0 N–H and O–H groups in total. The Balaban J connectivity index is 2.11. The zero-order valence-electron chi connectivity index (χ0n) is 13.8. The highest BCUT2D eigenvalue weighted by Gasteiger charge is 2.18. The molecule has 0 saturated heterocycles. The van der Waals surface area contributed by atoms with Crippen LogP contribution in [0.3, 0.4) is 0 Å². The number of carbonyl (C=O) groups excluding carboxylic acids is 1. The van der Waals surface area contributed by atoms with Gasteiger partial charge in [0.15, 0.2) is 0 Å². The van der Waals surface area contributed by atoms with Crippen molar-refractivity contribution >= 4 is 38.4 Å². The van der Waals surface area contributed by atoms with Crippen molar-refractivity contribution in [2.45, 2.75) is 27.3 Å². The summed E-state index contributed by atoms with van der Waals surface area (Å²) in [6.45, 7) is 7.14. The number of thiophene rings is 1. The zero-order valence-corrected chi connectivity index (χ0v) is 14.6. The fourth-order valence-electron chi connectivity index (χ4n) is 2.95. The van der Waals surface area contributed by atoms with E-state index in [1.54, 1.807) is 22.4 Å². The summed E-state index contributed by atoms with van der Waals surface area (Å²) in [6, 6.07) is 2.07. The second-order valence-electron chi connectivity index (χ2n) is 5.57. The molecule has 0 spiro atoms. The fourth-order valence-corrected chi connectivity index (χ4v) is 4.00. The van der Waals surface area contributed by atoms with Crippen molar-refractivity contribution in [2.24, 2.45) is 7.05 Å². The lowest BCUT2D eigenvalue weighted by Crippen LogP contribution is -2.37. The summed E-state index contributed by atoms with van der Waals surface area (Å²) in [6.07, 6.45) is 1.70. The maximum atomic E-state index is 12.8. The predicted octanol–water partition coefficient (Wildman–Crippen LogP) is 2.13. The first-order chi connectivity index (χ1) is 11.0. The molecule has 23 heavy (non-hydrogen) atoms. The van der Waals surface area contributed by atoms with Crippen molar-refractivity contribution in [3.05, 3.63) is 27.5 Å². The molecule has 0 aliphatic heterocycles. The molecule has 0 aliphatic rings. The molecule has 0 aromatic carbocycles. The van der Waals surface area contributed by atoms with Gasteiger partial charge >= 0.3 is 0 Å². The molecule has 6 nitrogen and oxygen atoms in total. The third kappa shape index (κ3) is 2.45. The fraction of sp³-hybridized carbons (Fsp3) is 0.438. The van der Waals surface area contributed by atoms with Gasteiger partial charge in [-0.3, -0.25) is 9.59 Å². The molecule has 0 radical (unpaired) electrons. The number of likely N-dealkylation sites (N-methyl/N-ethyl adjacent to an activating group) is 1. The Morgan fingerprint density at radius 2 is 2.04 bits per heavy atom. The Kier molecular flexibility index (Phi) is 3.97. The lowest BCUT2D eigenvalue weighted by molar-refractivity contribution is -0.131. The third-order valence-corrected chi connectivity index (χ3v) is 5.27. The van der Waals surface area contributed by atoms with Gasteiger partial charge in [0, 0.05) is 30.4 Å². The minimum atomic E-state index is -0.216. The second kappa shape index (κ2) is 5.81. The Bertz CT molecular complexity index is 946. The minimum Gasteiger partial charge on any atom is -0.342 e. The molecule has 3 heterocycles. The Labute approximate surface area is 137 Å². The lowest BCUT2D eigenvalue weighted by atomic mass is 10.3. The maximum Gasteiger partial charge on any atom is 0.291 e. The summed E-state index contributed by atoms with van der Waals surface area (Å²) in [5, 5.41) is 5.08. The summed E-state index contributed by atoms with van der Waals surface area (Å²) >= 11 is 1.66. The number of aryl methyl sites for hydroxylation is 2. The molecule has 3 aromatic rings. The molecule has 0 saturated carbocycles. The van der Waals surface area contributed by atoms with Gasteiger partial charge in [-0.1, -0.05) is 0 Å². The van der Waals surface area contributed by atoms with Crippen LogP contribution in [0.25, 0.3) is 21.1 Å². The van der Waals surface area contributed by atoms with Crippen LogP contribution in [0.5, 0.6) is 0 Å². The van der Waals surface area contributed by atoms with E-state index in [0.717, 1.165) is 15.6 Å². The summed E-state index contributed by atoms with van der Waals surface area (Å²) in [7, 11) is 1.88. The molecule has 1 amide bonds. The zero-order chi connectivity index (χ0) is 16.7. The predicted molar refractivity (Wildman–Crippen MR) is 93.0 cm³/mol. The highest BCUT2D eigenvalue weighted by molar-refractivity contribution is 7.20. The quantitative estimate of drug-likeness (QED) is 0.735. The van der Waals surface area contributed by atoms with Crippen molar-refractivity contribution in [1.82, 2.24) is 19.2 Å². The van der Waals surface area contributed by atoms with E-state index >= 15 is 0 Å². The molecule has 122 valence electrons. The third-order valence-electron chi connectivity index (χ3n) is 4.20. The van der Waals surface area contributed by atoms with Crippen LogP contribution in [-0.4, -0.2) is 38.2 Å². The first kappa shape index (κ1) is 15.7. The molecule has 0 bridgehead atoms. The van der Waals surface area contributed by atoms with Crippen molar-refractivity contribution in [3.8, 4) is 0 Å². The Morgan fingerprint density at radius 3 is 2.70 bits per heavy atom. The van der Waals surface area contributed by atoms with Gasteiger partial charge in [0.25, 0.3) is 5.56 Å². The lowest BCUT2D eigenvalue weighted by Gasteiger charge is -2.18. The van der Waals surface area contributed by atoms with E-state index in [2.05, 4.69) is 11.2 Å². The first-order valence-corrected chi connectivity index (χ1v) is 8.52. The second-order valence-corrected chi connectivity index (χ2v) is 6.82. The van der Waals surface area contributed by atoms with E-state index < -0.39 is 0 Å². The number of carbonyl (C=O) groups is 1. The van der Waals surface area contributed by atoms with Crippen LogP contribution >= 0.6 is 11.3 Å². The average molecular weight is 332 g/mol. The topological polar surface area (TPSA) is 60.1 Å². The summed E-state index contributed by atoms with van der Waals surface area (Å²) < 4.78 is 4.24. The number of nitrogens with zero attached hydrogens (tertiary/aromatic N) is 4. The minimum absolute atomic E-state index is 0.0195. The number of fused-ring (bicyclic) bond motifs is 3. The van der Waals surface area contributed by atoms with Crippen LogP contribution in [0.1, 0.15) is 18.7 Å². The summed E-state index contributed by atoms with van der Waals surface area (Å²) in [5.41, 5.74) is 1.43. The van der Waals surface area contributed by atoms with Crippen LogP contribution in [0.2, 0.25) is 0 Å². The number of hydrogen-bond acceptors (Lipinski definition) is 4. The maximum absolute atomic E-state index is 12.8. The summed E-state index contributed by atoms with van der Waals surface area (Å²) in [4.78, 5) is 27.9. The molecule has 3 rings (SSSR count). The van der Waals surface area contributed by atoms with Crippen LogP contribution < -0.4 is 5.56 Å². The van der Waals surface area contributed by atoms with Gasteiger partial charge in [-0.2, -0.15) is 5.10 Å². The largest absolute Gasteiger partial charge is 0.342 e. The molecule has 7 heteroatoms. The van der Waals surface area contributed by atoms with Gasteiger partial charge in [0.05, 0.1) is 16.4 Å². The van der Waals surface area contributed by atoms with E-state index in [1.165, 1.54) is 9.56 Å². The smallest absolute Gasteiger partial charge is 0.291 e. The van der Waals surface area contributed by atoms with E-state index in [1.807, 2.05) is 32.4 Å².